The van der Waals surface area contributed by atoms with Crippen LogP contribution in [0.4, 0.5) is 11.5 Å². The van der Waals surface area contributed by atoms with E-state index < -0.39 is 16.4 Å². The molecule has 0 spiro atoms. The fourth-order valence-corrected chi connectivity index (χ4v) is 1.85. The van der Waals surface area contributed by atoms with Crippen molar-refractivity contribution < 1.29 is 9.72 Å². The Morgan fingerprint density at radius 2 is 2.21 bits per heavy atom. The summed E-state index contributed by atoms with van der Waals surface area (Å²) in [4.78, 5) is 26.0. The second kappa shape index (κ2) is 5.64. The summed E-state index contributed by atoms with van der Waals surface area (Å²) in [5.74, 6) is -0.441. The molecule has 0 aliphatic carbocycles. The minimum absolute atomic E-state index is 0.0679. The average molecular weight is 266 g/mol. The zero-order valence-electron chi connectivity index (χ0n) is 11.3. The van der Waals surface area contributed by atoms with Crippen LogP contribution < -0.4 is 11.1 Å². The molecule has 0 atom stereocenters. The van der Waals surface area contributed by atoms with Gasteiger partial charge in [0.2, 0.25) is 0 Å². The summed E-state index contributed by atoms with van der Waals surface area (Å²) < 4.78 is 0. The minimum Gasteiger partial charge on any atom is -0.384 e. The van der Waals surface area contributed by atoms with E-state index in [1.54, 1.807) is 0 Å². The maximum atomic E-state index is 12.1. The van der Waals surface area contributed by atoms with Gasteiger partial charge in [0.15, 0.2) is 0 Å². The average Bonchev–Trinajstić information content (AvgIpc) is 2.27. The smallest absolute Gasteiger partial charge is 0.300 e. The molecule has 7 nitrogen and oxygen atoms in total. The molecule has 0 saturated carbocycles. The van der Waals surface area contributed by atoms with Crippen LogP contribution in [0, 0.1) is 10.1 Å². The third kappa shape index (κ3) is 3.90. The van der Waals surface area contributed by atoms with Gasteiger partial charge in [0.25, 0.3) is 11.6 Å². The fourth-order valence-electron chi connectivity index (χ4n) is 1.85. The number of nitro groups is 1. The molecule has 0 aliphatic rings. The van der Waals surface area contributed by atoms with Gasteiger partial charge in [-0.2, -0.15) is 0 Å². The zero-order valence-corrected chi connectivity index (χ0v) is 11.3. The molecule has 0 aromatic carbocycles. The number of anilines is 1. The highest BCUT2D eigenvalue weighted by Crippen LogP contribution is 2.20. The lowest BCUT2D eigenvalue weighted by Crippen LogP contribution is -2.43. The highest BCUT2D eigenvalue weighted by Gasteiger charge is 2.26. The van der Waals surface area contributed by atoms with E-state index >= 15 is 0 Å². The van der Waals surface area contributed by atoms with Crippen LogP contribution in [-0.4, -0.2) is 21.4 Å². The molecule has 104 valence electrons. The maximum absolute atomic E-state index is 12.1. The van der Waals surface area contributed by atoms with Crippen LogP contribution in [0.25, 0.3) is 0 Å². The Morgan fingerprint density at radius 1 is 1.58 bits per heavy atom. The van der Waals surface area contributed by atoms with Crippen molar-refractivity contribution in [3.05, 3.63) is 27.9 Å². The first-order valence-corrected chi connectivity index (χ1v) is 5.99. The van der Waals surface area contributed by atoms with Crippen LogP contribution in [0.1, 0.15) is 44.0 Å². The van der Waals surface area contributed by atoms with Crippen molar-refractivity contribution in [3.8, 4) is 0 Å². The Bertz CT molecular complexity index is 500. The van der Waals surface area contributed by atoms with E-state index in [1.165, 1.54) is 6.07 Å². The second-order valence-corrected chi connectivity index (χ2v) is 4.97. The Balaban J connectivity index is 3.05. The second-order valence-electron chi connectivity index (χ2n) is 4.97. The lowest BCUT2D eigenvalue weighted by Gasteiger charge is -2.25. The summed E-state index contributed by atoms with van der Waals surface area (Å²) in [7, 11) is 0. The van der Waals surface area contributed by atoms with Crippen molar-refractivity contribution in [1.82, 2.24) is 10.3 Å². The molecule has 0 unspecified atom stereocenters. The number of nitrogen functional groups attached to an aromatic ring is 1. The van der Waals surface area contributed by atoms with E-state index in [4.69, 9.17) is 5.73 Å². The molecule has 0 fully saturated rings. The summed E-state index contributed by atoms with van der Waals surface area (Å²) in [6, 6.07) is 1.22. The van der Waals surface area contributed by atoms with Crippen molar-refractivity contribution in [1.29, 1.82) is 0 Å². The number of nitrogens with zero attached hydrogens (tertiary/aromatic N) is 2. The largest absolute Gasteiger partial charge is 0.384 e. The Morgan fingerprint density at radius 3 is 2.74 bits per heavy atom. The molecular formula is C12H18N4O3. The molecule has 1 amide bonds. The summed E-state index contributed by atoms with van der Waals surface area (Å²) in [6.45, 7) is 5.73. The topological polar surface area (TPSA) is 111 Å². The zero-order chi connectivity index (χ0) is 14.6. The number of hydrogen-bond donors (Lipinski definition) is 2. The van der Waals surface area contributed by atoms with Crippen molar-refractivity contribution in [3.63, 3.8) is 0 Å². The first-order valence-electron chi connectivity index (χ1n) is 5.99. The molecule has 1 aromatic heterocycles. The van der Waals surface area contributed by atoms with Gasteiger partial charge in [0.05, 0.1) is 4.92 Å². The van der Waals surface area contributed by atoms with Crippen LogP contribution in [-0.2, 0) is 0 Å². The highest BCUT2D eigenvalue weighted by atomic mass is 16.6. The summed E-state index contributed by atoms with van der Waals surface area (Å²) in [5, 5.41) is 13.6. The van der Waals surface area contributed by atoms with Gasteiger partial charge in [-0.25, -0.2) is 4.98 Å². The molecule has 1 aromatic rings. The molecule has 0 radical (unpaired) electrons. The molecule has 1 rings (SSSR count). The van der Waals surface area contributed by atoms with Crippen LogP contribution in [0.2, 0.25) is 0 Å². The van der Waals surface area contributed by atoms with Crippen LogP contribution in [0.5, 0.6) is 0 Å². The molecular weight excluding hydrogens is 248 g/mol. The quantitative estimate of drug-likeness (QED) is 0.624. The van der Waals surface area contributed by atoms with Gasteiger partial charge in [-0.05, 0) is 26.3 Å². The van der Waals surface area contributed by atoms with Gasteiger partial charge < -0.3 is 11.1 Å². The number of amides is 1. The molecule has 3 N–H and O–H groups in total. The van der Waals surface area contributed by atoms with E-state index in [1.807, 2.05) is 20.8 Å². The Hall–Kier alpha value is -2.18. The van der Waals surface area contributed by atoms with E-state index in [2.05, 4.69) is 10.3 Å². The lowest BCUT2D eigenvalue weighted by atomic mass is 9.98. The number of hydrogen-bond acceptors (Lipinski definition) is 5. The van der Waals surface area contributed by atoms with Gasteiger partial charge in [0.1, 0.15) is 17.6 Å². The number of carbonyl (C=O) groups is 1. The molecule has 0 bridgehead atoms. The lowest BCUT2D eigenvalue weighted by molar-refractivity contribution is -0.385. The Kier molecular flexibility index (Phi) is 4.42. The van der Waals surface area contributed by atoms with E-state index in [9.17, 15) is 14.9 Å². The van der Waals surface area contributed by atoms with Gasteiger partial charge in [0, 0.05) is 5.54 Å². The predicted molar refractivity (Wildman–Crippen MR) is 71.8 cm³/mol. The maximum Gasteiger partial charge on any atom is 0.300 e. The molecule has 7 heteroatoms. The van der Waals surface area contributed by atoms with Crippen LogP contribution >= 0.6 is 0 Å². The third-order valence-corrected chi connectivity index (χ3v) is 2.67. The van der Waals surface area contributed by atoms with Crippen molar-refractivity contribution in [2.24, 2.45) is 0 Å². The van der Waals surface area contributed by atoms with E-state index in [0.29, 0.717) is 0 Å². The van der Waals surface area contributed by atoms with Crippen LogP contribution in [0.15, 0.2) is 12.3 Å². The third-order valence-electron chi connectivity index (χ3n) is 2.67. The van der Waals surface area contributed by atoms with Crippen molar-refractivity contribution >= 4 is 17.4 Å². The van der Waals surface area contributed by atoms with Crippen molar-refractivity contribution in [2.45, 2.75) is 39.2 Å². The molecule has 0 aliphatic heterocycles. The van der Waals surface area contributed by atoms with Gasteiger partial charge in [-0.15, -0.1) is 0 Å². The fraction of sp³-hybridized carbons (Fsp3) is 0.500. The predicted octanol–water partition coefficient (Wildman–Crippen LogP) is 1.88. The summed E-state index contributed by atoms with van der Waals surface area (Å²) in [6.07, 6.45) is 2.66. The standard InChI is InChI=1S/C12H18N4O3/c1-4-5-12(2,3)15-11(17)8-6-10(13)14-7-9(8)16(18)19/h6-7H,4-5H2,1-3H3,(H2,13,14)(H,15,17). The number of nitrogens with one attached hydrogen (secondary N) is 1. The minimum atomic E-state index is -0.645. The normalized spacial score (nSPS) is 11.1. The monoisotopic (exact) mass is 266 g/mol. The SMILES string of the molecule is CCCC(C)(C)NC(=O)c1cc(N)ncc1[N+](=O)[O-]. The van der Waals surface area contributed by atoms with E-state index in [-0.39, 0.29) is 17.1 Å². The van der Waals surface area contributed by atoms with Crippen LogP contribution in [0.3, 0.4) is 0 Å². The first-order chi connectivity index (χ1) is 8.76. The summed E-state index contributed by atoms with van der Waals surface area (Å²) in [5.41, 5.74) is 4.63. The van der Waals surface area contributed by atoms with E-state index in [0.717, 1.165) is 19.0 Å². The first kappa shape index (κ1) is 14.9. The number of nitrogens with two attached hydrogens (primary N) is 1. The molecule has 19 heavy (non-hydrogen) atoms. The van der Waals surface area contributed by atoms with Gasteiger partial charge in [-0.1, -0.05) is 13.3 Å². The van der Waals surface area contributed by atoms with Gasteiger partial charge >= 0.3 is 0 Å². The Labute approximate surface area is 111 Å². The number of pyridine rings is 1. The molecule has 1 heterocycles. The number of aromatic nitrogens is 1. The van der Waals surface area contributed by atoms with Gasteiger partial charge in [-0.3, -0.25) is 14.9 Å². The summed E-state index contributed by atoms with van der Waals surface area (Å²) >= 11 is 0. The number of carbonyl (C=O) groups excluding carboxylic acids is 1. The molecule has 0 saturated heterocycles. The highest BCUT2D eigenvalue weighted by molar-refractivity contribution is 5.99. The number of rotatable bonds is 5. The van der Waals surface area contributed by atoms with Crippen molar-refractivity contribution in [2.75, 3.05) is 5.73 Å².